The molecule has 1 aromatic heterocycles. The number of aromatic nitrogens is 1. The minimum absolute atomic E-state index is 0.0952. The molecule has 0 bridgehead atoms. The number of H-pyrrole nitrogens is 1. The normalized spacial score (nSPS) is 10.9. The number of benzene rings is 2. The number of hydrogen-bond donors (Lipinski definition) is 1. The smallest absolute Gasteiger partial charge is 0.227 e. The Morgan fingerprint density at radius 3 is 2.74 bits per heavy atom. The molecule has 1 N–H and O–H groups in total. The molecule has 0 atom stereocenters. The highest BCUT2D eigenvalue weighted by molar-refractivity contribution is 6.30. The lowest BCUT2D eigenvalue weighted by Gasteiger charge is -2.17. The first kappa shape index (κ1) is 15.6. The third-order valence-electron chi connectivity index (χ3n) is 4.09. The van der Waals surface area contributed by atoms with Crippen molar-refractivity contribution in [2.24, 2.45) is 0 Å². The molecule has 0 unspecified atom stereocenters. The van der Waals surface area contributed by atoms with Crippen LogP contribution in [0.3, 0.4) is 0 Å². The maximum Gasteiger partial charge on any atom is 0.227 e. The van der Waals surface area contributed by atoms with E-state index in [4.69, 9.17) is 11.6 Å². The second-order valence-electron chi connectivity index (χ2n) is 5.83. The lowest BCUT2D eigenvalue weighted by Crippen LogP contribution is -2.27. The molecule has 0 saturated carbocycles. The summed E-state index contributed by atoms with van der Waals surface area (Å²) in [5.41, 5.74) is 4.23. The third-order valence-corrected chi connectivity index (χ3v) is 4.32. The molecule has 0 aliphatic carbocycles. The van der Waals surface area contributed by atoms with E-state index < -0.39 is 0 Å². The predicted molar refractivity (Wildman–Crippen MR) is 94.7 cm³/mol. The lowest BCUT2D eigenvalue weighted by molar-refractivity contribution is -0.129. The summed E-state index contributed by atoms with van der Waals surface area (Å²) in [5, 5.41) is 1.81. The predicted octanol–water partition coefficient (Wildman–Crippen LogP) is 4.33. The molecule has 2 aromatic carbocycles. The maximum atomic E-state index is 12.6. The Balaban J connectivity index is 1.76. The zero-order valence-electron chi connectivity index (χ0n) is 13.3. The fraction of sp³-hybridized carbons (Fsp3) is 0.211. The van der Waals surface area contributed by atoms with E-state index in [1.807, 2.05) is 56.4 Å². The average Bonchev–Trinajstić information content (AvgIpc) is 2.83. The minimum Gasteiger partial charge on any atom is -0.358 e. The van der Waals surface area contributed by atoms with E-state index >= 15 is 0 Å². The number of likely N-dealkylation sites (N-methyl/N-ethyl adjacent to an activating group) is 1. The van der Waals surface area contributed by atoms with E-state index in [9.17, 15) is 4.79 Å². The van der Waals surface area contributed by atoms with Gasteiger partial charge in [0.15, 0.2) is 0 Å². The summed E-state index contributed by atoms with van der Waals surface area (Å²) in [6.45, 7) is 2.57. The molecule has 118 valence electrons. The van der Waals surface area contributed by atoms with Crippen LogP contribution >= 0.6 is 11.6 Å². The quantitative estimate of drug-likeness (QED) is 0.761. The monoisotopic (exact) mass is 326 g/mol. The van der Waals surface area contributed by atoms with Gasteiger partial charge in [-0.3, -0.25) is 4.79 Å². The number of aromatic amines is 1. The SMILES string of the molecule is Cc1[nH]c2ccccc2c1CC(=O)N(C)Cc1cccc(Cl)c1. The van der Waals surface area contributed by atoms with Gasteiger partial charge in [0.05, 0.1) is 6.42 Å². The number of halogens is 1. The number of hydrogen-bond acceptors (Lipinski definition) is 1. The Hall–Kier alpha value is -2.26. The number of carbonyl (C=O) groups excluding carboxylic acids is 1. The van der Waals surface area contributed by atoms with Crippen LogP contribution in [0.2, 0.25) is 5.02 Å². The molecule has 0 aliphatic heterocycles. The summed E-state index contributed by atoms with van der Waals surface area (Å²) < 4.78 is 0. The van der Waals surface area contributed by atoms with Crippen LogP contribution in [-0.4, -0.2) is 22.8 Å². The summed E-state index contributed by atoms with van der Waals surface area (Å²) in [6.07, 6.45) is 0.396. The number of nitrogens with one attached hydrogen (secondary N) is 1. The number of amides is 1. The van der Waals surface area contributed by atoms with Crippen molar-refractivity contribution < 1.29 is 4.79 Å². The highest BCUT2D eigenvalue weighted by Gasteiger charge is 2.15. The van der Waals surface area contributed by atoms with Crippen LogP contribution in [0.4, 0.5) is 0 Å². The first-order chi connectivity index (χ1) is 11.0. The van der Waals surface area contributed by atoms with Crippen LogP contribution in [0.25, 0.3) is 10.9 Å². The zero-order valence-corrected chi connectivity index (χ0v) is 14.0. The number of aryl methyl sites for hydroxylation is 1. The van der Waals surface area contributed by atoms with E-state index in [1.54, 1.807) is 4.90 Å². The molecule has 0 spiro atoms. The van der Waals surface area contributed by atoms with Crippen LogP contribution < -0.4 is 0 Å². The average molecular weight is 327 g/mol. The molecular weight excluding hydrogens is 308 g/mol. The van der Waals surface area contributed by atoms with Gasteiger partial charge in [-0.25, -0.2) is 0 Å². The van der Waals surface area contributed by atoms with Gasteiger partial charge in [0, 0.05) is 35.2 Å². The molecule has 3 rings (SSSR count). The molecule has 23 heavy (non-hydrogen) atoms. The molecule has 3 aromatic rings. The van der Waals surface area contributed by atoms with Crippen LogP contribution in [0.5, 0.6) is 0 Å². The van der Waals surface area contributed by atoms with Gasteiger partial charge in [0.1, 0.15) is 0 Å². The Bertz CT molecular complexity index is 853. The van der Waals surface area contributed by atoms with Crippen molar-refractivity contribution in [2.75, 3.05) is 7.05 Å². The number of nitrogens with zero attached hydrogens (tertiary/aromatic N) is 1. The van der Waals surface area contributed by atoms with Gasteiger partial charge in [-0.15, -0.1) is 0 Å². The topological polar surface area (TPSA) is 36.1 Å². The van der Waals surface area contributed by atoms with E-state index in [1.165, 1.54) is 0 Å². The highest BCUT2D eigenvalue weighted by Crippen LogP contribution is 2.23. The molecule has 4 heteroatoms. The number of fused-ring (bicyclic) bond motifs is 1. The van der Waals surface area contributed by atoms with Crippen LogP contribution in [-0.2, 0) is 17.8 Å². The third kappa shape index (κ3) is 3.40. The van der Waals surface area contributed by atoms with Gasteiger partial charge in [-0.1, -0.05) is 41.9 Å². The summed E-state index contributed by atoms with van der Waals surface area (Å²) in [6, 6.07) is 15.7. The number of para-hydroxylation sites is 1. The van der Waals surface area contributed by atoms with Crippen LogP contribution in [0, 0.1) is 6.92 Å². The fourth-order valence-electron chi connectivity index (χ4n) is 2.85. The van der Waals surface area contributed by atoms with Crippen molar-refractivity contribution in [3.8, 4) is 0 Å². The van der Waals surface area contributed by atoms with E-state index in [0.29, 0.717) is 18.0 Å². The van der Waals surface area contributed by atoms with Gasteiger partial charge in [0.25, 0.3) is 0 Å². The van der Waals surface area contributed by atoms with Crippen molar-refractivity contribution in [1.82, 2.24) is 9.88 Å². The van der Waals surface area contributed by atoms with E-state index in [0.717, 1.165) is 27.7 Å². The highest BCUT2D eigenvalue weighted by atomic mass is 35.5. The second kappa shape index (κ2) is 6.47. The van der Waals surface area contributed by atoms with Crippen LogP contribution in [0.1, 0.15) is 16.8 Å². The lowest BCUT2D eigenvalue weighted by atomic mass is 10.1. The van der Waals surface area contributed by atoms with Crippen LogP contribution in [0.15, 0.2) is 48.5 Å². The summed E-state index contributed by atoms with van der Waals surface area (Å²) in [7, 11) is 1.83. The zero-order chi connectivity index (χ0) is 16.4. The molecule has 0 saturated heterocycles. The molecule has 0 fully saturated rings. The number of rotatable bonds is 4. The molecule has 3 nitrogen and oxygen atoms in total. The Morgan fingerprint density at radius 1 is 1.17 bits per heavy atom. The van der Waals surface area contributed by atoms with Gasteiger partial charge < -0.3 is 9.88 Å². The van der Waals surface area contributed by atoms with Gasteiger partial charge in [0.2, 0.25) is 5.91 Å². The summed E-state index contributed by atoms with van der Waals surface area (Å²) in [4.78, 5) is 17.7. The van der Waals surface area contributed by atoms with Crippen molar-refractivity contribution in [1.29, 1.82) is 0 Å². The Morgan fingerprint density at radius 2 is 1.96 bits per heavy atom. The summed E-state index contributed by atoms with van der Waals surface area (Å²) >= 11 is 6.00. The van der Waals surface area contributed by atoms with E-state index in [2.05, 4.69) is 11.1 Å². The maximum absolute atomic E-state index is 12.6. The van der Waals surface area contributed by atoms with Crippen molar-refractivity contribution in [3.63, 3.8) is 0 Å². The minimum atomic E-state index is 0.0952. The fourth-order valence-corrected chi connectivity index (χ4v) is 3.06. The number of carbonyl (C=O) groups is 1. The Labute approximate surface area is 140 Å². The van der Waals surface area contributed by atoms with Crippen molar-refractivity contribution in [3.05, 3.63) is 70.4 Å². The first-order valence-electron chi connectivity index (χ1n) is 7.59. The first-order valence-corrected chi connectivity index (χ1v) is 7.97. The summed E-state index contributed by atoms with van der Waals surface area (Å²) in [5.74, 6) is 0.0952. The molecule has 0 radical (unpaired) electrons. The Kier molecular flexibility index (Phi) is 4.39. The van der Waals surface area contributed by atoms with E-state index in [-0.39, 0.29) is 5.91 Å². The standard InChI is InChI=1S/C19H19ClN2O/c1-13-17(16-8-3-4-9-18(16)21-13)11-19(23)22(2)12-14-6-5-7-15(20)10-14/h3-10,21H,11-12H2,1-2H3. The molecule has 1 heterocycles. The molecular formula is C19H19ClN2O. The van der Waals surface area contributed by atoms with Gasteiger partial charge >= 0.3 is 0 Å². The molecule has 1 amide bonds. The van der Waals surface area contributed by atoms with Gasteiger partial charge in [-0.2, -0.15) is 0 Å². The molecule has 0 aliphatic rings. The van der Waals surface area contributed by atoms with Crippen molar-refractivity contribution in [2.45, 2.75) is 19.9 Å². The van der Waals surface area contributed by atoms with Gasteiger partial charge in [-0.05, 0) is 36.2 Å². The second-order valence-corrected chi connectivity index (χ2v) is 6.27. The van der Waals surface area contributed by atoms with Crippen molar-refractivity contribution >= 4 is 28.4 Å². The largest absolute Gasteiger partial charge is 0.358 e.